The van der Waals surface area contributed by atoms with Crippen LogP contribution in [-0.4, -0.2) is 36.9 Å². The molecular formula is C18H16ClN3O2S. The number of thiophene rings is 1. The van der Waals surface area contributed by atoms with Crippen LogP contribution in [0, 0.1) is 0 Å². The lowest BCUT2D eigenvalue weighted by atomic mass is 10.1. The Bertz CT molecular complexity index is 905. The number of hydrogen-bond donors (Lipinski definition) is 1. The van der Waals surface area contributed by atoms with Crippen molar-refractivity contribution in [1.29, 1.82) is 0 Å². The lowest BCUT2D eigenvalue weighted by molar-refractivity contribution is -0.114. The molecule has 2 aliphatic rings. The van der Waals surface area contributed by atoms with Crippen LogP contribution in [0.1, 0.15) is 16.8 Å². The van der Waals surface area contributed by atoms with Gasteiger partial charge < -0.3 is 10.2 Å². The highest BCUT2D eigenvalue weighted by atomic mass is 35.5. The van der Waals surface area contributed by atoms with Gasteiger partial charge in [-0.15, -0.1) is 11.3 Å². The van der Waals surface area contributed by atoms with E-state index in [1.54, 1.807) is 16.3 Å². The number of carbonyl (C=O) groups is 2. The Kier molecular flexibility index (Phi) is 4.11. The van der Waals surface area contributed by atoms with Gasteiger partial charge in [0.1, 0.15) is 4.34 Å². The largest absolute Gasteiger partial charge is 0.320 e. The zero-order valence-corrected chi connectivity index (χ0v) is 15.2. The van der Waals surface area contributed by atoms with Crippen LogP contribution < -0.4 is 10.2 Å². The van der Waals surface area contributed by atoms with Crippen molar-refractivity contribution in [2.75, 3.05) is 30.4 Å². The van der Waals surface area contributed by atoms with Crippen molar-refractivity contribution in [3.05, 3.63) is 51.2 Å². The van der Waals surface area contributed by atoms with Crippen molar-refractivity contribution in [2.45, 2.75) is 6.42 Å². The van der Waals surface area contributed by atoms with Gasteiger partial charge in [-0.3, -0.25) is 14.5 Å². The fourth-order valence-electron chi connectivity index (χ4n) is 3.10. The quantitative estimate of drug-likeness (QED) is 0.825. The number of rotatable bonds is 1. The first-order valence-electron chi connectivity index (χ1n) is 7.95. The number of benzene rings is 1. The molecule has 2 amide bonds. The molecule has 0 unspecified atom stereocenters. The summed E-state index contributed by atoms with van der Waals surface area (Å²) in [6, 6.07) is 7.29. The first-order chi connectivity index (χ1) is 12.1. The number of halogens is 1. The Morgan fingerprint density at radius 2 is 2.12 bits per heavy atom. The Hall–Kier alpha value is -2.15. The van der Waals surface area contributed by atoms with E-state index in [9.17, 15) is 9.59 Å². The third-order valence-electron chi connectivity index (χ3n) is 4.47. The summed E-state index contributed by atoms with van der Waals surface area (Å²) in [4.78, 5) is 29.6. The van der Waals surface area contributed by atoms with E-state index < -0.39 is 0 Å². The molecule has 2 aromatic rings. The minimum Gasteiger partial charge on any atom is -0.320 e. The van der Waals surface area contributed by atoms with Gasteiger partial charge in [0.15, 0.2) is 0 Å². The molecule has 128 valence electrons. The lowest BCUT2D eigenvalue weighted by Gasteiger charge is -2.27. The highest BCUT2D eigenvalue weighted by Crippen LogP contribution is 2.45. The summed E-state index contributed by atoms with van der Waals surface area (Å²) in [7, 11) is 2.02. The van der Waals surface area contributed by atoms with E-state index in [0.717, 1.165) is 18.7 Å². The molecular weight excluding hydrogens is 358 g/mol. The van der Waals surface area contributed by atoms with Gasteiger partial charge >= 0.3 is 0 Å². The normalized spacial score (nSPS) is 17.3. The van der Waals surface area contributed by atoms with E-state index in [4.69, 9.17) is 11.6 Å². The van der Waals surface area contributed by atoms with Crippen LogP contribution in [0.25, 0.3) is 0 Å². The highest BCUT2D eigenvalue weighted by Gasteiger charge is 2.34. The van der Waals surface area contributed by atoms with Gasteiger partial charge in [-0.1, -0.05) is 29.8 Å². The summed E-state index contributed by atoms with van der Waals surface area (Å²) < 4.78 is 0.434. The van der Waals surface area contributed by atoms with Gasteiger partial charge in [-0.2, -0.15) is 0 Å². The summed E-state index contributed by atoms with van der Waals surface area (Å²) in [5, 5.41) is 4.57. The summed E-state index contributed by atoms with van der Waals surface area (Å²) in [5.41, 5.74) is 2.88. The number of para-hydroxylation sites is 2. The van der Waals surface area contributed by atoms with E-state index in [1.807, 2.05) is 31.3 Å². The average molecular weight is 374 g/mol. The summed E-state index contributed by atoms with van der Waals surface area (Å²) in [5.74, 6) is -0.378. The molecule has 0 bridgehead atoms. The van der Waals surface area contributed by atoms with Gasteiger partial charge in [-0.25, -0.2) is 0 Å². The van der Waals surface area contributed by atoms with Gasteiger partial charge in [0, 0.05) is 24.0 Å². The van der Waals surface area contributed by atoms with Crippen LogP contribution >= 0.6 is 22.9 Å². The van der Waals surface area contributed by atoms with Gasteiger partial charge in [0.2, 0.25) is 0 Å². The summed E-state index contributed by atoms with van der Waals surface area (Å²) in [6.07, 6.45) is 2.63. The molecule has 0 saturated carbocycles. The second-order valence-electron chi connectivity index (χ2n) is 6.13. The van der Waals surface area contributed by atoms with Crippen LogP contribution in [-0.2, 0) is 4.79 Å². The molecule has 4 rings (SSSR count). The molecule has 25 heavy (non-hydrogen) atoms. The molecule has 1 aromatic carbocycles. The van der Waals surface area contributed by atoms with Gasteiger partial charge in [0.05, 0.1) is 22.6 Å². The van der Waals surface area contributed by atoms with Crippen molar-refractivity contribution in [1.82, 2.24) is 4.90 Å². The van der Waals surface area contributed by atoms with E-state index in [1.165, 1.54) is 11.3 Å². The number of nitrogens with one attached hydrogen (secondary N) is 1. The maximum atomic E-state index is 13.3. The monoisotopic (exact) mass is 373 g/mol. The number of anilines is 3. The molecule has 1 aromatic heterocycles. The Morgan fingerprint density at radius 1 is 1.32 bits per heavy atom. The Balaban J connectivity index is 1.88. The number of nitrogens with zero attached hydrogens (tertiary/aromatic N) is 2. The van der Waals surface area contributed by atoms with Crippen molar-refractivity contribution in [2.24, 2.45) is 0 Å². The Morgan fingerprint density at radius 3 is 2.88 bits per heavy atom. The number of hydrogen-bond acceptors (Lipinski definition) is 4. The molecule has 0 saturated heterocycles. The standard InChI is InChI=1S/C18H16ClN3O2S/c1-21-8-6-11(7-9-21)18(24)22-14-5-3-2-4-13(14)20-17(23)12-10-25-16(19)15(12)22/h2-6,10H,7-9H2,1H3,(H,20,23). The lowest BCUT2D eigenvalue weighted by Crippen LogP contribution is -2.33. The van der Waals surface area contributed by atoms with Crippen LogP contribution in [0.5, 0.6) is 0 Å². The first kappa shape index (κ1) is 16.3. The van der Waals surface area contributed by atoms with Crippen LogP contribution in [0.4, 0.5) is 17.1 Å². The molecule has 0 atom stereocenters. The minimum atomic E-state index is -0.252. The maximum Gasteiger partial charge on any atom is 0.258 e. The minimum absolute atomic E-state index is 0.126. The van der Waals surface area contributed by atoms with Gasteiger partial charge in [-0.05, 0) is 25.6 Å². The second-order valence-corrected chi connectivity index (χ2v) is 7.61. The van der Waals surface area contributed by atoms with E-state index in [0.29, 0.717) is 33.4 Å². The van der Waals surface area contributed by atoms with Crippen molar-refractivity contribution < 1.29 is 9.59 Å². The molecule has 1 N–H and O–H groups in total. The molecule has 7 heteroatoms. The average Bonchev–Trinajstić information content (AvgIpc) is 2.93. The van der Waals surface area contributed by atoms with Crippen LogP contribution in [0.15, 0.2) is 41.3 Å². The Labute approximate surface area is 154 Å². The molecule has 5 nitrogen and oxygen atoms in total. The first-order valence-corrected chi connectivity index (χ1v) is 9.21. The SMILES string of the molecule is CN1CC=C(C(=O)N2c3ccccc3NC(=O)c3csc(Cl)c32)CC1. The zero-order chi connectivity index (χ0) is 17.6. The van der Waals surface area contributed by atoms with E-state index in [2.05, 4.69) is 10.2 Å². The maximum absolute atomic E-state index is 13.3. The smallest absolute Gasteiger partial charge is 0.258 e. The number of likely N-dealkylation sites (N-methyl/N-ethyl adjacent to an activating group) is 1. The predicted molar refractivity (Wildman–Crippen MR) is 101 cm³/mol. The fraction of sp³-hybridized carbons (Fsp3) is 0.222. The second kappa shape index (κ2) is 6.29. The van der Waals surface area contributed by atoms with Crippen LogP contribution in [0.2, 0.25) is 4.34 Å². The topological polar surface area (TPSA) is 52.7 Å². The molecule has 2 aliphatic heterocycles. The number of fused-ring (bicyclic) bond motifs is 2. The zero-order valence-electron chi connectivity index (χ0n) is 13.6. The number of carbonyl (C=O) groups excluding carboxylic acids is 2. The molecule has 0 radical (unpaired) electrons. The van der Waals surface area contributed by atoms with E-state index >= 15 is 0 Å². The fourth-order valence-corrected chi connectivity index (χ4v) is 4.17. The van der Waals surface area contributed by atoms with Crippen molar-refractivity contribution in [3.63, 3.8) is 0 Å². The third kappa shape index (κ3) is 2.76. The molecule has 0 spiro atoms. The van der Waals surface area contributed by atoms with E-state index in [-0.39, 0.29) is 11.8 Å². The summed E-state index contributed by atoms with van der Waals surface area (Å²) >= 11 is 7.64. The molecule has 0 fully saturated rings. The third-order valence-corrected chi connectivity index (χ3v) is 5.67. The van der Waals surface area contributed by atoms with Crippen molar-refractivity contribution >= 4 is 51.8 Å². The predicted octanol–water partition coefficient (Wildman–Crippen LogP) is 3.89. The number of amides is 2. The van der Waals surface area contributed by atoms with Crippen molar-refractivity contribution in [3.8, 4) is 0 Å². The van der Waals surface area contributed by atoms with Gasteiger partial charge in [0.25, 0.3) is 11.8 Å². The van der Waals surface area contributed by atoms with Crippen LogP contribution in [0.3, 0.4) is 0 Å². The molecule has 3 heterocycles. The molecule has 0 aliphatic carbocycles. The summed E-state index contributed by atoms with van der Waals surface area (Å²) in [6.45, 7) is 1.56. The highest BCUT2D eigenvalue weighted by molar-refractivity contribution is 7.15.